The van der Waals surface area contributed by atoms with Gasteiger partial charge in [0.25, 0.3) is 0 Å². The molecule has 26 heavy (non-hydrogen) atoms. The zero-order valence-corrected chi connectivity index (χ0v) is 17.4. The molecule has 0 spiro atoms. The normalized spacial score (nSPS) is 25.6. The van der Waals surface area contributed by atoms with Crippen LogP contribution in [0.15, 0.2) is 12.2 Å². The predicted molar refractivity (Wildman–Crippen MR) is 110 cm³/mol. The monoisotopic (exact) mass is 362 g/mol. The Morgan fingerprint density at radius 2 is 1.85 bits per heavy atom. The second-order valence-electron chi connectivity index (χ2n) is 8.71. The molecule has 3 atom stereocenters. The second-order valence-corrected chi connectivity index (χ2v) is 8.71. The van der Waals surface area contributed by atoms with E-state index in [-0.39, 0.29) is 5.97 Å². The van der Waals surface area contributed by atoms with Crippen molar-refractivity contribution < 1.29 is 9.53 Å². The van der Waals surface area contributed by atoms with Gasteiger partial charge in [-0.2, -0.15) is 0 Å². The summed E-state index contributed by atoms with van der Waals surface area (Å²) in [6, 6.07) is 0. The number of hydrogen-bond acceptors (Lipinski definition) is 2. The maximum absolute atomic E-state index is 11.3. The summed E-state index contributed by atoms with van der Waals surface area (Å²) in [4.78, 5) is 11.3. The Morgan fingerprint density at radius 1 is 1.04 bits per heavy atom. The van der Waals surface area contributed by atoms with Crippen molar-refractivity contribution in [3.63, 3.8) is 0 Å². The van der Waals surface area contributed by atoms with E-state index in [1.807, 2.05) is 0 Å². The molecule has 2 rings (SSSR count). The third-order valence-electron chi connectivity index (χ3n) is 6.91. The minimum atomic E-state index is -0.0502. The van der Waals surface area contributed by atoms with Gasteiger partial charge < -0.3 is 4.74 Å². The zero-order valence-electron chi connectivity index (χ0n) is 17.4. The smallest absolute Gasteiger partial charge is 0.305 e. The number of carbonyl (C=O) groups excluding carboxylic acids is 1. The van der Waals surface area contributed by atoms with Gasteiger partial charge in [0.15, 0.2) is 0 Å². The van der Waals surface area contributed by atoms with Crippen molar-refractivity contribution in [3.8, 4) is 0 Å². The molecule has 0 aromatic heterocycles. The van der Waals surface area contributed by atoms with Gasteiger partial charge in [-0.3, -0.25) is 4.79 Å². The zero-order chi connectivity index (χ0) is 18.6. The molecule has 0 bridgehead atoms. The van der Waals surface area contributed by atoms with E-state index in [4.69, 9.17) is 4.74 Å². The molecule has 0 aromatic rings. The average molecular weight is 363 g/mol. The first-order valence-electron chi connectivity index (χ1n) is 11.5. The van der Waals surface area contributed by atoms with Gasteiger partial charge in [-0.25, -0.2) is 0 Å². The van der Waals surface area contributed by atoms with Crippen molar-refractivity contribution >= 4 is 5.97 Å². The minimum absolute atomic E-state index is 0.0502. The van der Waals surface area contributed by atoms with Crippen LogP contribution in [0, 0.1) is 23.7 Å². The van der Waals surface area contributed by atoms with E-state index in [1.165, 1.54) is 90.6 Å². The molecular formula is C24H42O2. The quantitative estimate of drug-likeness (QED) is 0.223. The largest absolute Gasteiger partial charge is 0.469 e. The topological polar surface area (TPSA) is 26.3 Å². The number of unbranched alkanes of at least 4 members (excludes halogenated alkanes) is 3. The number of methoxy groups -OCH3 is 1. The molecule has 0 aliphatic heterocycles. The van der Waals surface area contributed by atoms with E-state index >= 15 is 0 Å². The fraction of sp³-hybridized carbons (Fsp3) is 0.875. The van der Waals surface area contributed by atoms with Gasteiger partial charge in [-0.05, 0) is 55.8 Å². The van der Waals surface area contributed by atoms with Crippen molar-refractivity contribution in [2.75, 3.05) is 7.11 Å². The molecule has 0 aromatic carbocycles. The molecule has 2 aliphatic rings. The molecule has 0 amide bonds. The molecule has 2 heteroatoms. The van der Waals surface area contributed by atoms with Gasteiger partial charge in [0.05, 0.1) is 7.11 Å². The van der Waals surface area contributed by atoms with E-state index in [0.717, 1.165) is 30.1 Å². The summed E-state index contributed by atoms with van der Waals surface area (Å²) in [5, 5.41) is 0. The van der Waals surface area contributed by atoms with E-state index < -0.39 is 0 Å². The van der Waals surface area contributed by atoms with Crippen LogP contribution < -0.4 is 0 Å². The summed E-state index contributed by atoms with van der Waals surface area (Å²) >= 11 is 0. The summed E-state index contributed by atoms with van der Waals surface area (Å²) < 4.78 is 4.77. The Kier molecular flexibility index (Phi) is 10.4. The Bertz CT molecular complexity index is 408. The molecule has 0 N–H and O–H groups in total. The van der Waals surface area contributed by atoms with Crippen LogP contribution in [-0.2, 0) is 9.53 Å². The van der Waals surface area contributed by atoms with Crippen LogP contribution in [-0.4, -0.2) is 13.1 Å². The summed E-state index contributed by atoms with van der Waals surface area (Å²) in [6.07, 6.45) is 24.6. The summed E-state index contributed by atoms with van der Waals surface area (Å²) in [5.74, 6) is 3.60. The maximum atomic E-state index is 11.3. The lowest BCUT2D eigenvalue weighted by Crippen LogP contribution is -2.27. The molecule has 2 saturated carbocycles. The van der Waals surface area contributed by atoms with Crippen LogP contribution in [0.4, 0.5) is 0 Å². The Hall–Kier alpha value is -0.790. The van der Waals surface area contributed by atoms with Crippen LogP contribution >= 0.6 is 0 Å². The lowest BCUT2D eigenvalue weighted by Gasteiger charge is -2.36. The molecule has 2 nitrogen and oxygen atoms in total. The average Bonchev–Trinajstić information content (AvgIpc) is 3.13. The molecule has 1 unspecified atom stereocenters. The minimum Gasteiger partial charge on any atom is -0.469 e. The van der Waals surface area contributed by atoms with Gasteiger partial charge in [0.1, 0.15) is 0 Å². The first kappa shape index (κ1) is 21.5. The van der Waals surface area contributed by atoms with Gasteiger partial charge in [0.2, 0.25) is 0 Å². The van der Waals surface area contributed by atoms with Crippen molar-refractivity contribution in [1.29, 1.82) is 0 Å². The number of ether oxygens (including phenoxy) is 1. The number of allylic oxidation sites excluding steroid dienone is 2. The number of esters is 1. The first-order valence-corrected chi connectivity index (χ1v) is 11.5. The van der Waals surface area contributed by atoms with E-state index in [0.29, 0.717) is 6.42 Å². The van der Waals surface area contributed by atoms with Gasteiger partial charge in [0, 0.05) is 6.42 Å². The number of carbonyl (C=O) groups is 1. The maximum Gasteiger partial charge on any atom is 0.305 e. The van der Waals surface area contributed by atoms with Crippen molar-refractivity contribution in [3.05, 3.63) is 12.2 Å². The molecular weight excluding hydrogens is 320 g/mol. The first-order chi connectivity index (χ1) is 12.8. The molecule has 0 saturated heterocycles. The third-order valence-corrected chi connectivity index (χ3v) is 6.91. The highest BCUT2D eigenvalue weighted by Gasteiger charge is 2.36. The summed E-state index contributed by atoms with van der Waals surface area (Å²) in [5.41, 5.74) is 0. The Labute approximate surface area is 162 Å². The van der Waals surface area contributed by atoms with Crippen LogP contribution in [0.2, 0.25) is 0 Å². The van der Waals surface area contributed by atoms with Gasteiger partial charge in [-0.15, -0.1) is 0 Å². The highest BCUT2D eigenvalue weighted by Crippen LogP contribution is 2.46. The molecule has 2 aliphatic carbocycles. The molecule has 0 radical (unpaired) electrons. The molecule has 2 fully saturated rings. The number of rotatable bonds is 11. The van der Waals surface area contributed by atoms with Crippen LogP contribution in [0.1, 0.15) is 103 Å². The SMILES string of the molecule is CCCC=C[C@H]1CCC[C@@H]1C(CCCCCC(=O)OC)C1CCCCC1. The van der Waals surface area contributed by atoms with Crippen LogP contribution in [0.3, 0.4) is 0 Å². The van der Waals surface area contributed by atoms with Crippen molar-refractivity contribution in [1.82, 2.24) is 0 Å². The molecule has 150 valence electrons. The third kappa shape index (κ3) is 7.08. The number of hydrogen-bond donors (Lipinski definition) is 0. The fourth-order valence-corrected chi connectivity index (χ4v) is 5.52. The van der Waals surface area contributed by atoms with Gasteiger partial charge in [-0.1, -0.05) is 76.9 Å². The molecule has 0 heterocycles. The second kappa shape index (κ2) is 12.6. The highest BCUT2D eigenvalue weighted by molar-refractivity contribution is 5.68. The lowest BCUT2D eigenvalue weighted by molar-refractivity contribution is -0.140. The summed E-state index contributed by atoms with van der Waals surface area (Å²) in [7, 11) is 1.49. The van der Waals surface area contributed by atoms with E-state index in [2.05, 4.69) is 19.1 Å². The fourth-order valence-electron chi connectivity index (χ4n) is 5.52. The van der Waals surface area contributed by atoms with Gasteiger partial charge >= 0.3 is 5.97 Å². The standard InChI is InChI=1S/C24H42O2/c1-3-4-7-13-21-16-12-18-23(21)22(20-14-8-5-9-15-20)17-10-6-11-19-24(25)26-2/h7,13,20-23H,3-6,8-12,14-19H2,1-2H3/t21-,22?,23-/m0/s1. The van der Waals surface area contributed by atoms with Crippen LogP contribution in [0.5, 0.6) is 0 Å². The Morgan fingerprint density at radius 3 is 2.58 bits per heavy atom. The van der Waals surface area contributed by atoms with Crippen molar-refractivity contribution in [2.24, 2.45) is 23.7 Å². The van der Waals surface area contributed by atoms with Crippen molar-refractivity contribution in [2.45, 2.75) is 103 Å². The van der Waals surface area contributed by atoms with E-state index in [9.17, 15) is 4.79 Å². The predicted octanol–water partition coefficient (Wildman–Crippen LogP) is 7.08. The van der Waals surface area contributed by atoms with E-state index in [1.54, 1.807) is 0 Å². The van der Waals surface area contributed by atoms with Crippen LogP contribution in [0.25, 0.3) is 0 Å². The lowest BCUT2D eigenvalue weighted by atomic mass is 9.69. The summed E-state index contributed by atoms with van der Waals surface area (Å²) in [6.45, 7) is 2.27. The highest BCUT2D eigenvalue weighted by atomic mass is 16.5. The Balaban J connectivity index is 1.89.